The highest BCUT2D eigenvalue weighted by Gasteiger charge is 2.42. The number of nitrogens with zero attached hydrogens (tertiary/aromatic N) is 3. The SMILES string of the molecule is C[C@]12N=C(N)SC[C@H]1CCCc1cc(F)c(-c3cncnc3)cc12. The second kappa shape index (κ2) is 5.84. The molecule has 2 aliphatic rings. The van der Waals surface area contributed by atoms with Crippen molar-refractivity contribution in [3.8, 4) is 11.1 Å². The fourth-order valence-electron chi connectivity index (χ4n) is 3.84. The summed E-state index contributed by atoms with van der Waals surface area (Å²) in [5.41, 5.74) is 8.99. The van der Waals surface area contributed by atoms with E-state index in [1.165, 1.54) is 6.33 Å². The van der Waals surface area contributed by atoms with E-state index in [2.05, 4.69) is 16.9 Å². The summed E-state index contributed by atoms with van der Waals surface area (Å²) in [4.78, 5) is 12.8. The minimum absolute atomic E-state index is 0.229. The van der Waals surface area contributed by atoms with Crippen molar-refractivity contribution in [2.75, 3.05) is 5.75 Å². The molecule has 1 aromatic heterocycles. The zero-order valence-corrected chi connectivity index (χ0v) is 14.3. The Labute approximate surface area is 144 Å². The molecule has 0 radical (unpaired) electrons. The number of aromatic nitrogens is 2. The van der Waals surface area contributed by atoms with Crippen LogP contribution < -0.4 is 5.73 Å². The molecular weight excluding hydrogens is 323 g/mol. The van der Waals surface area contributed by atoms with Gasteiger partial charge in [-0.1, -0.05) is 11.8 Å². The first-order chi connectivity index (χ1) is 11.6. The average molecular weight is 342 g/mol. The van der Waals surface area contributed by atoms with E-state index in [4.69, 9.17) is 10.7 Å². The summed E-state index contributed by atoms with van der Waals surface area (Å²) in [5.74, 6) is 1.15. The second-order valence-electron chi connectivity index (χ2n) is 6.61. The van der Waals surface area contributed by atoms with Crippen molar-refractivity contribution in [2.45, 2.75) is 31.7 Å². The minimum atomic E-state index is -0.390. The van der Waals surface area contributed by atoms with Gasteiger partial charge in [0.1, 0.15) is 12.1 Å². The second-order valence-corrected chi connectivity index (χ2v) is 7.65. The maximum Gasteiger partial charge on any atom is 0.154 e. The maximum absolute atomic E-state index is 14.7. The van der Waals surface area contributed by atoms with E-state index in [9.17, 15) is 4.39 Å². The molecule has 6 heteroatoms. The molecule has 1 aliphatic heterocycles. The summed E-state index contributed by atoms with van der Waals surface area (Å²) in [7, 11) is 0. The number of hydrogen-bond acceptors (Lipinski definition) is 5. The van der Waals surface area contributed by atoms with Gasteiger partial charge in [0.15, 0.2) is 5.17 Å². The van der Waals surface area contributed by atoms with Crippen LogP contribution in [0.4, 0.5) is 4.39 Å². The van der Waals surface area contributed by atoms with Crippen molar-refractivity contribution < 1.29 is 4.39 Å². The molecule has 1 aromatic carbocycles. The molecule has 1 aliphatic carbocycles. The molecule has 0 saturated carbocycles. The van der Waals surface area contributed by atoms with Crippen LogP contribution in [0.3, 0.4) is 0 Å². The number of aliphatic imine (C=N–C) groups is 1. The Balaban J connectivity index is 1.93. The average Bonchev–Trinajstić information content (AvgIpc) is 2.70. The molecule has 2 N–H and O–H groups in total. The lowest BCUT2D eigenvalue weighted by molar-refractivity contribution is 0.317. The van der Waals surface area contributed by atoms with Crippen LogP contribution in [0.2, 0.25) is 0 Å². The van der Waals surface area contributed by atoms with Gasteiger partial charge in [-0.25, -0.2) is 14.4 Å². The lowest BCUT2D eigenvalue weighted by Crippen LogP contribution is -2.37. The summed E-state index contributed by atoms with van der Waals surface area (Å²) in [6.45, 7) is 2.14. The van der Waals surface area contributed by atoms with Crippen molar-refractivity contribution in [2.24, 2.45) is 16.6 Å². The van der Waals surface area contributed by atoms with Gasteiger partial charge in [0, 0.05) is 29.3 Å². The smallest absolute Gasteiger partial charge is 0.154 e. The van der Waals surface area contributed by atoms with Crippen molar-refractivity contribution >= 4 is 16.9 Å². The lowest BCUT2D eigenvalue weighted by Gasteiger charge is -2.38. The Morgan fingerprint density at radius 3 is 2.88 bits per heavy atom. The van der Waals surface area contributed by atoms with Gasteiger partial charge in [-0.2, -0.15) is 0 Å². The Bertz CT molecular complexity index is 808. The quantitative estimate of drug-likeness (QED) is 0.861. The largest absolute Gasteiger partial charge is 0.379 e. The number of aryl methyl sites for hydroxylation is 1. The first kappa shape index (κ1) is 15.6. The van der Waals surface area contributed by atoms with Crippen molar-refractivity contribution in [1.82, 2.24) is 9.97 Å². The van der Waals surface area contributed by atoms with Crippen molar-refractivity contribution in [1.29, 1.82) is 0 Å². The number of amidine groups is 1. The summed E-state index contributed by atoms with van der Waals surface area (Å²) in [6.07, 6.45) is 7.75. The minimum Gasteiger partial charge on any atom is -0.379 e. The third-order valence-electron chi connectivity index (χ3n) is 5.18. The Hall–Kier alpha value is -1.95. The Morgan fingerprint density at radius 1 is 1.29 bits per heavy atom. The van der Waals surface area contributed by atoms with Gasteiger partial charge in [0.05, 0.1) is 5.54 Å². The van der Waals surface area contributed by atoms with E-state index in [1.807, 2.05) is 6.07 Å². The van der Waals surface area contributed by atoms with Gasteiger partial charge in [-0.15, -0.1) is 0 Å². The van der Waals surface area contributed by atoms with Crippen LogP contribution in [-0.2, 0) is 12.0 Å². The fraction of sp³-hybridized carbons (Fsp3) is 0.389. The third-order valence-corrected chi connectivity index (χ3v) is 6.13. The topological polar surface area (TPSA) is 64.2 Å². The standard InChI is InChI=1S/C18H19FN4S/c1-18-13(9-24-17(20)23-18)4-2-3-11-5-16(19)14(6-15(11)18)12-7-21-10-22-8-12/h5-8,10,13H,2-4,9H2,1H3,(H2,20,23)/t13-,18+/m1/s1. The van der Waals surface area contributed by atoms with Crippen LogP contribution in [0.5, 0.6) is 0 Å². The lowest BCUT2D eigenvalue weighted by atomic mass is 9.78. The summed E-state index contributed by atoms with van der Waals surface area (Å²) < 4.78 is 14.7. The molecule has 2 aromatic rings. The van der Waals surface area contributed by atoms with Gasteiger partial charge in [0.25, 0.3) is 0 Å². The van der Waals surface area contributed by atoms with Crippen LogP contribution in [0.15, 0.2) is 35.8 Å². The van der Waals surface area contributed by atoms with Crippen molar-refractivity contribution in [3.63, 3.8) is 0 Å². The van der Waals surface area contributed by atoms with E-state index in [0.29, 0.717) is 22.2 Å². The molecule has 0 unspecified atom stereocenters. The molecule has 0 amide bonds. The highest BCUT2D eigenvalue weighted by Crippen LogP contribution is 2.47. The molecule has 124 valence electrons. The molecule has 0 bridgehead atoms. The van der Waals surface area contributed by atoms with E-state index < -0.39 is 0 Å². The zero-order valence-electron chi connectivity index (χ0n) is 13.5. The number of nitrogens with two attached hydrogens (primary N) is 1. The first-order valence-corrected chi connectivity index (χ1v) is 9.13. The van der Waals surface area contributed by atoms with Gasteiger partial charge in [-0.05, 0) is 55.4 Å². The number of thioether (sulfide) groups is 1. The highest BCUT2D eigenvalue weighted by atomic mass is 32.2. The van der Waals surface area contributed by atoms with Crippen molar-refractivity contribution in [3.05, 3.63) is 47.8 Å². The van der Waals surface area contributed by atoms with Crippen LogP contribution in [0.1, 0.15) is 30.9 Å². The van der Waals surface area contributed by atoms with E-state index in [1.54, 1.807) is 30.2 Å². The summed E-state index contributed by atoms with van der Waals surface area (Å²) in [5, 5.41) is 0.621. The normalized spacial score (nSPS) is 26.1. The molecule has 2 atom stereocenters. The van der Waals surface area contributed by atoms with E-state index in [0.717, 1.165) is 36.1 Å². The third kappa shape index (κ3) is 2.49. The maximum atomic E-state index is 14.7. The molecule has 0 fully saturated rings. The predicted molar refractivity (Wildman–Crippen MR) is 95.3 cm³/mol. The first-order valence-electron chi connectivity index (χ1n) is 8.14. The predicted octanol–water partition coefficient (Wildman–Crippen LogP) is 3.51. The van der Waals surface area contributed by atoms with Crippen LogP contribution in [-0.4, -0.2) is 20.9 Å². The molecule has 4 nitrogen and oxygen atoms in total. The van der Waals surface area contributed by atoms with E-state index in [-0.39, 0.29) is 11.4 Å². The van der Waals surface area contributed by atoms with Gasteiger partial charge >= 0.3 is 0 Å². The number of halogens is 1. The number of fused-ring (bicyclic) bond motifs is 3. The van der Waals surface area contributed by atoms with Gasteiger partial charge in [-0.3, -0.25) is 4.99 Å². The zero-order chi connectivity index (χ0) is 16.7. The van der Waals surface area contributed by atoms with Crippen LogP contribution in [0, 0.1) is 11.7 Å². The van der Waals surface area contributed by atoms with E-state index >= 15 is 0 Å². The monoisotopic (exact) mass is 342 g/mol. The molecule has 24 heavy (non-hydrogen) atoms. The summed E-state index contributed by atoms with van der Waals surface area (Å²) >= 11 is 1.62. The molecule has 0 spiro atoms. The van der Waals surface area contributed by atoms with Gasteiger partial charge < -0.3 is 5.73 Å². The van der Waals surface area contributed by atoms with Crippen LogP contribution >= 0.6 is 11.8 Å². The van der Waals surface area contributed by atoms with Crippen LogP contribution in [0.25, 0.3) is 11.1 Å². The number of rotatable bonds is 1. The fourth-order valence-corrected chi connectivity index (χ4v) is 4.95. The molecule has 4 rings (SSSR count). The number of hydrogen-bond donors (Lipinski definition) is 1. The Morgan fingerprint density at radius 2 is 2.08 bits per heavy atom. The molecule has 0 saturated heterocycles. The molecule has 2 heterocycles. The van der Waals surface area contributed by atoms with Gasteiger partial charge in [0.2, 0.25) is 0 Å². The summed E-state index contributed by atoms with van der Waals surface area (Å²) in [6, 6.07) is 3.60. The highest BCUT2D eigenvalue weighted by molar-refractivity contribution is 8.13. The number of benzene rings is 1. The molecular formula is C18H19FN4S. The Kier molecular flexibility index (Phi) is 3.79.